The number of carbonyl (C=O) groups is 2. The van der Waals surface area contributed by atoms with Gasteiger partial charge < -0.3 is 4.74 Å². The number of Topliss-reactive ketones (excluding diaryl/α,β-unsaturated/α-hetero) is 1. The highest BCUT2D eigenvalue weighted by Crippen LogP contribution is 2.21. The van der Waals surface area contributed by atoms with Crippen LogP contribution in [0.2, 0.25) is 10.0 Å². The Bertz CT molecular complexity index is 754. The van der Waals surface area contributed by atoms with E-state index in [1.807, 2.05) is 19.9 Å². The predicted octanol–water partition coefficient (Wildman–Crippen LogP) is 4.58. The van der Waals surface area contributed by atoms with Crippen molar-refractivity contribution in [3.05, 3.63) is 68.7 Å². The Morgan fingerprint density at radius 3 is 2.39 bits per heavy atom. The van der Waals surface area contributed by atoms with E-state index in [1.165, 1.54) is 0 Å². The van der Waals surface area contributed by atoms with E-state index in [-0.39, 0.29) is 18.8 Å². The zero-order valence-electron chi connectivity index (χ0n) is 12.9. The summed E-state index contributed by atoms with van der Waals surface area (Å²) in [6, 6.07) is 10.3. The molecule has 120 valence electrons. The molecule has 0 aromatic heterocycles. The first kappa shape index (κ1) is 17.5. The van der Waals surface area contributed by atoms with Crippen LogP contribution in [-0.2, 0) is 16.0 Å². The van der Waals surface area contributed by atoms with Crippen LogP contribution in [-0.4, -0.2) is 18.4 Å². The lowest BCUT2D eigenvalue weighted by molar-refractivity contribution is -0.141. The highest BCUT2D eigenvalue weighted by Gasteiger charge is 2.13. The summed E-state index contributed by atoms with van der Waals surface area (Å²) in [4.78, 5) is 23.9. The summed E-state index contributed by atoms with van der Waals surface area (Å²) >= 11 is 11.8. The molecule has 0 aliphatic carbocycles. The largest absolute Gasteiger partial charge is 0.457 e. The molecule has 2 aromatic carbocycles. The number of esters is 1. The third-order valence-electron chi connectivity index (χ3n) is 3.54. The highest BCUT2D eigenvalue weighted by atomic mass is 35.5. The average molecular weight is 351 g/mol. The Morgan fingerprint density at radius 2 is 1.74 bits per heavy atom. The summed E-state index contributed by atoms with van der Waals surface area (Å²) in [6.45, 7) is 3.62. The van der Waals surface area contributed by atoms with Gasteiger partial charge in [-0.05, 0) is 48.7 Å². The van der Waals surface area contributed by atoms with E-state index in [4.69, 9.17) is 27.9 Å². The number of benzene rings is 2. The van der Waals surface area contributed by atoms with Gasteiger partial charge in [-0.2, -0.15) is 0 Å². The van der Waals surface area contributed by atoms with Gasteiger partial charge in [-0.25, -0.2) is 0 Å². The predicted molar refractivity (Wildman–Crippen MR) is 91.4 cm³/mol. The van der Waals surface area contributed by atoms with Gasteiger partial charge in [0.15, 0.2) is 12.4 Å². The second kappa shape index (κ2) is 7.62. The van der Waals surface area contributed by atoms with Gasteiger partial charge in [-0.15, -0.1) is 0 Å². The third-order valence-corrected chi connectivity index (χ3v) is 4.13. The van der Waals surface area contributed by atoms with Crippen LogP contribution in [0.5, 0.6) is 0 Å². The van der Waals surface area contributed by atoms with E-state index in [9.17, 15) is 9.59 Å². The van der Waals surface area contributed by atoms with Crippen LogP contribution in [0, 0.1) is 13.8 Å². The molecular formula is C18H16Cl2O3. The minimum atomic E-state index is -0.508. The maximum atomic E-state index is 12.1. The van der Waals surface area contributed by atoms with Gasteiger partial charge >= 0.3 is 5.97 Å². The number of hydrogen-bond acceptors (Lipinski definition) is 3. The molecule has 0 saturated heterocycles. The number of halogens is 2. The van der Waals surface area contributed by atoms with Crippen LogP contribution in [0.15, 0.2) is 36.4 Å². The smallest absolute Gasteiger partial charge is 0.310 e. The molecule has 0 unspecified atom stereocenters. The normalized spacial score (nSPS) is 10.4. The second-order valence-corrected chi connectivity index (χ2v) is 6.14. The number of ketones is 1. The van der Waals surface area contributed by atoms with Gasteiger partial charge in [0.25, 0.3) is 0 Å². The maximum Gasteiger partial charge on any atom is 0.310 e. The molecule has 0 atom stereocenters. The van der Waals surface area contributed by atoms with Gasteiger partial charge in [-0.1, -0.05) is 41.4 Å². The van der Waals surface area contributed by atoms with Crippen LogP contribution >= 0.6 is 23.2 Å². The summed E-state index contributed by atoms with van der Waals surface area (Å²) in [5.74, 6) is -0.741. The molecule has 0 heterocycles. The number of hydrogen-bond donors (Lipinski definition) is 0. The van der Waals surface area contributed by atoms with Crippen LogP contribution in [0.25, 0.3) is 0 Å². The molecule has 0 spiro atoms. The third kappa shape index (κ3) is 4.81. The minimum Gasteiger partial charge on any atom is -0.457 e. The van der Waals surface area contributed by atoms with Crippen molar-refractivity contribution >= 4 is 35.0 Å². The maximum absolute atomic E-state index is 12.1. The average Bonchev–Trinajstić information content (AvgIpc) is 2.50. The Balaban J connectivity index is 1.93. The summed E-state index contributed by atoms with van der Waals surface area (Å²) in [5, 5.41) is 0.895. The molecule has 0 bridgehead atoms. The van der Waals surface area contributed by atoms with Crippen LogP contribution in [0.4, 0.5) is 0 Å². The van der Waals surface area contributed by atoms with E-state index < -0.39 is 5.97 Å². The topological polar surface area (TPSA) is 43.4 Å². The number of ether oxygens (including phenoxy) is 1. The number of rotatable bonds is 5. The van der Waals surface area contributed by atoms with Crippen molar-refractivity contribution in [2.75, 3.05) is 6.61 Å². The van der Waals surface area contributed by atoms with E-state index in [0.29, 0.717) is 21.2 Å². The van der Waals surface area contributed by atoms with Crippen molar-refractivity contribution in [1.82, 2.24) is 0 Å². The molecule has 5 heteroatoms. The summed E-state index contributed by atoms with van der Waals surface area (Å²) < 4.78 is 5.04. The minimum absolute atomic E-state index is 0.00376. The fourth-order valence-electron chi connectivity index (χ4n) is 2.02. The number of aryl methyl sites for hydroxylation is 2. The molecule has 2 rings (SSSR count). The molecule has 0 aliphatic heterocycles. The quantitative estimate of drug-likeness (QED) is 0.585. The van der Waals surface area contributed by atoms with Crippen molar-refractivity contribution in [1.29, 1.82) is 0 Å². The molecule has 0 fully saturated rings. The van der Waals surface area contributed by atoms with E-state index in [1.54, 1.807) is 30.3 Å². The first-order chi connectivity index (χ1) is 10.9. The SMILES string of the molecule is Cc1ccc(C(=O)COC(=O)Cc2ccc(Cl)cc2Cl)cc1C. The highest BCUT2D eigenvalue weighted by molar-refractivity contribution is 6.35. The van der Waals surface area contributed by atoms with Crippen LogP contribution in [0.1, 0.15) is 27.0 Å². The van der Waals surface area contributed by atoms with Crippen molar-refractivity contribution < 1.29 is 14.3 Å². The second-order valence-electron chi connectivity index (χ2n) is 5.30. The van der Waals surface area contributed by atoms with Gasteiger partial charge in [0.2, 0.25) is 0 Å². The van der Waals surface area contributed by atoms with E-state index in [2.05, 4.69) is 0 Å². The molecule has 0 aliphatic rings. The molecule has 23 heavy (non-hydrogen) atoms. The first-order valence-electron chi connectivity index (χ1n) is 7.07. The zero-order valence-corrected chi connectivity index (χ0v) is 14.4. The van der Waals surface area contributed by atoms with Crippen LogP contribution < -0.4 is 0 Å². The zero-order chi connectivity index (χ0) is 17.0. The molecule has 0 saturated carbocycles. The molecule has 0 amide bonds. The van der Waals surface area contributed by atoms with Crippen molar-refractivity contribution in [2.24, 2.45) is 0 Å². The van der Waals surface area contributed by atoms with Gasteiger partial charge in [0.05, 0.1) is 6.42 Å². The van der Waals surface area contributed by atoms with Crippen molar-refractivity contribution in [3.8, 4) is 0 Å². The standard InChI is InChI=1S/C18H16Cl2O3/c1-11-3-4-14(7-12(11)2)17(21)10-23-18(22)8-13-5-6-15(19)9-16(13)20/h3-7,9H,8,10H2,1-2H3. The molecule has 2 aromatic rings. The Hall–Kier alpha value is -1.84. The monoisotopic (exact) mass is 350 g/mol. The molecule has 3 nitrogen and oxygen atoms in total. The summed E-state index contributed by atoms with van der Waals surface area (Å²) in [7, 11) is 0. The Morgan fingerprint density at radius 1 is 1.00 bits per heavy atom. The van der Waals surface area contributed by atoms with Gasteiger partial charge in [0, 0.05) is 15.6 Å². The van der Waals surface area contributed by atoms with Gasteiger partial charge in [-0.3, -0.25) is 9.59 Å². The lowest BCUT2D eigenvalue weighted by Crippen LogP contribution is -2.16. The molecule has 0 N–H and O–H groups in total. The first-order valence-corrected chi connectivity index (χ1v) is 7.82. The van der Waals surface area contributed by atoms with Crippen molar-refractivity contribution in [3.63, 3.8) is 0 Å². The molecular weight excluding hydrogens is 335 g/mol. The lowest BCUT2D eigenvalue weighted by Gasteiger charge is -2.07. The fraction of sp³-hybridized carbons (Fsp3) is 0.222. The number of carbonyl (C=O) groups excluding carboxylic acids is 2. The molecule has 0 radical (unpaired) electrons. The Labute approximate surface area is 145 Å². The van der Waals surface area contributed by atoms with Crippen molar-refractivity contribution in [2.45, 2.75) is 20.3 Å². The van der Waals surface area contributed by atoms with Gasteiger partial charge in [0.1, 0.15) is 0 Å². The summed E-state index contributed by atoms with van der Waals surface area (Å²) in [5.41, 5.74) is 3.27. The van der Waals surface area contributed by atoms with Crippen LogP contribution in [0.3, 0.4) is 0 Å². The summed E-state index contributed by atoms with van der Waals surface area (Å²) in [6.07, 6.45) is -0.00376. The van der Waals surface area contributed by atoms with E-state index in [0.717, 1.165) is 11.1 Å². The lowest BCUT2D eigenvalue weighted by atomic mass is 10.0. The van der Waals surface area contributed by atoms with E-state index >= 15 is 0 Å². The Kier molecular flexibility index (Phi) is 5.80. The fourth-order valence-corrected chi connectivity index (χ4v) is 2.49.